The predicted octanol–water partition coefficient (Wildman–Crippen LogP) is 2.38. The van der Waals surface area contributed by atoms with Crippen molar-refractivity contribution in [1.82, 2.24) is 15.0 Å². The number of nitrogens with one attached hydrogen (secondary N) is 1. The van der Waals surface area contributed by atoms with Crippen LogP contribution in [0, 0.1) is 6.92 Å². The molecule has 0 aliphatic carbocycles. The molecule has 0 saturated carbocycles. The van der Waals surface area contributed by atoms with Crippen LogP contribution in [-0.2, 0) is 17.1 Å². The monoisotopic (exact) mass is 385 g/mol. The van der Waals surface area contributed by atoms with E-state index >= 15 is 0 Å². The molecule has 2 aromatic carbocycles. The lowest BCUT2D eigenvalue weighted by molar-refractivity contribution is 0.414. The molecule has 0 spiro atoms. The highest BCUT2D eigenvalue weighted by Crippen LogP contribution is 2.19. The number of benzene rings is 2. The van der Waals surface area contributed by atoms with Crippen molar-refractivity contribution in [3.8, 4) is 5.75 Å². The summed E-state index contributed by atoms with van der Waals surface area (Å²) in [4.78, 5) is 0.0530. The maximum Gasteiger partial charge on any atom is 0.284 e. The van der Waals surface area contributed by atoms with Crippen LogP contribution in [0.15, 0.2) is 63.9 Å². The third kappa shape index (κ3) is 4.14. The fourth-order valence-electron chi connectivity index (χ4n) is 2.33. The standard InChI is InChI=1S/C18H19N5O3S/c1-13-17(20-22-23(13)2)18(19-14-7-5-4-6-8-14)21-27(24,25)16-11-9-15(26-3)10-12-16/h4-12H,1-3H3,(H,19,21). The molecule has 1 N–H and O–H groups in total. The average molecular weight is 385 g/mol. The van der Waals surface area contributed by atoms with Crippen LogP contribution in [0.4, 0.5) is 5.69 Å². The quantitative estimate of drug-likeness (QED) is 0.535. The van der Waals surface area contributed by atoms with Crippen molar-refractivity contribution in [2.45, 2.75) is 11.8 Å². The number of ether oxygens (including phenoxy) is 1. The number of aromatic nitrogens is 3. The van der Waals surface area contributed by atoms with Crippen LogP contribution in [0.1, 0.15) is 11.4 Å². The summed E-state index contributed by atoms with van der Waals surface area (Å²) in [7, 11) is -0.727. The molecule has 0 aliphatic rings. The zero-order valence-electron chi connectivity index (χ0n) is 15.1. The minimum atomic E-state index is -3.97. The van der Waals surface area contributed by atoms with Crippen molar-refractivity contribution in [2.24, 2.45) is 11.4 Å². The average Bonchev–Trinajstić information content (AvgIpc) is 3.01. The summed E-state index contributed by atoms with van der Waals surface area (Å²) in [5.74, 6) is 0.660. The van der Waals surface area contributed by atoms with Gasteiger partial charge in [0.05, 0.1) is 17.7 Å². The molecule has 8 nitrogen and oxygen atoms in total. The van der Waals surface area contributed by atoms with Crippen LogP contribution in [-0.4, -0.2) is 36.4 Å². The summed E-state index contributed by atoms with van der Waals surface area (Å²) in [5.41, 5.74) is 1.73. The Bertz CT molecular complexity index is 1060. The number of aryl methyl sites for hydroxylation is 1. The molecule has 0 aliphatic heterocycles. The Labute approximate surface area is 157 Å². The molecule has 1 aromatic heterocycles. The van der Waals surface area contributed by atoms with Gasteiger partial charge in [-0.1, -0.05) is 23.4 Å². The van der Waals surface area contributed by atoms with Gasteiger partial charge in [0.1, 0.15) is 5.75 Å². The van der Waals surface area contributed by atoms with Gasteiger partial charge in [0.2, 0.25) is 0 Å². The lowest BCUT2D eigenvalue weighted by Gasteiger charge is -2.09. The van der Waals surface area contributed by atoms with Gasteiger partial charge in [-0.05, 0) is 43.3 Å². The van der Waals surface area contributed by atoms with Crippen LogP contribution in [0.3, 0.4) is 0 Å². The first kappa shape index (κ1) is 18.6. The summed E-state index contributed by atoms with van der Waals surface area (Å²) in [6.45, 7) is 1.79. The van der Waals surface area contributed by atoms with Crippen molar-refractivity contribution in [2.75, 3.05) is 12.4 Å². The summed E-state index contributed by atoms with van der Waals surface area (Å²) >= 11 is 0. The Hall–Kier alpha value is -3.20. The maximum absolute atomic E-state index is 12.8. The predicted molar refractivity (Wildman–Crippen MR) is 103 cm³/mol. The van der Waals surface area contributed by atoms with Gasteiger partial charge in [-0.15, -0.1) is 9.50 Å². The van der Waals surface area contributed by atoms with E-state index in [2.05, 4.69) is 20.0 Å². The van der Waals surface area contributed by atoms with Gasteiger partial charge >= 0.3 is 0 Å². The van der Waals surface area contributed by atoms with Gasteiger partial charge in [0, 0.05) is 12.7 Å². The Morgan fingerprint density at radius 3 is 2.33 bits per heavy atom. The number of hydrogen-bond donors (Lipinski definition) is 1. The normalized spacial score (nSPS) is 12.0. The van der Waals surface area contributed by atoms with Crippen LogP contribution in [0.5, 0.6) is 5.75 Å². The van der Waals surface area contributed by atoms with E-state index in [-0.39, 0.29) is 10.7 Å². The first-order valence-corrected chi connectivity index (χ1v) is 9.52. The zero-order valence-corrected chi connectivity index (χ0v) is 15.9. The van der Waals surface area contributed by atoms with Crippen molar-refractivity contribution in [3.05, 3.63) is 66.0 Å². The number of amidine groups is 1. The topological polar surface area (TPSA) is 98.5 Å². The highest BCUT2D eigenvalue weighted by atomic mass is 32.2. The largest absolute Gasteiger partial charge is 0.497 e. The molecule has 0 saturated heterocycles. The van der Waals surface area contributed by atoms with Crippen molar-refractivity contribution >= 4 is 21.5 Å². The highest BCUT2D eigenvalue weighted by molar-refractivity contribution is 7.90. The van der Waals surface area contributed by atoms with E-state index in [1.54, 1.807) is 42.9 Å². The number of para-hydroxylation sites is 1. The molecule has 0 radical (unpaired) electrons. The second kappa shape index (κ2) is 7.58. The summed E-state index contributed by atoms with van der Waals surface area (Å²) in [6.07, 6.45) is 0. The molecular formula is C18H19N5O3S. The molecule has 27 heavy (non-hydrogen) atoms. The van der Waals surface area contributed by atoms with E-state index in [1.165, 1.54) is 19.2 Å². The van der Waals surface area contributed by atoms with Gasteiger partial charge < -0.3 is 10.1 Å². The van der Waals surface area contributed by atoms with Gasteiger partial charge in [-0.2, -0.15) is 8.42 Å². The molecule has 1 heterocycles. The van der Waals surface area contributed by atoms with Crippen LogP contribution < -0.4 is 10.1 Å². The Morgan fingerprint density at radius 1 is 1.11 bits per heavy atom. The molecule has 3 rings (SSSR count). The van der Waals surface area contributed by atoms with Crippen molar-refractivity contribution in [3.63, 3.8) is 0 Å². The van der Waals surface area contributed by atoms with E-state index in [1.807, 2.05) is 18.2 Å². The summed E-state index contributed by atoms with van der Waals surface area (Å²) in [5, 5.41) is 11.0. The number of nitrogens with zero attached hydrogens (tertiary/aromatic N) is 4. The molecule has 0 fully saturated rings. The lowest BCUT2D eigenvalue weighted by Crippen LogP contribution is -2.18. The summed E-state index contributed by atoms with van der Waals surface area (Å²) in [6, 6.07) is 15.2. The minimum absolute atomic E-state index is 0.0530. The second-order valence-corrected chi connectivity index (χ2v) is 7.33. The number of methoxy groups -OCH3 is 1. The number of rotatable bonds is 5. The van der Waals surface area contributed by atoms with Gasteiger partial charge in [-0.25, -0.2) is 0 Å². The first-order chi connectivity index (χ1) is 12.9. The fraction of sp³-hybridized carbons (Fsp3) is 0.167. The van der Waals surface area contributed by atoms with Gasteiger partial charge in [0.25, 0.3) is 10.0 Å². The van der Waals surface area contributed by atoms with E-state index in [9.17, 15) is 8.42 Å². The minimum Gasteiger partial charge on any atom is -0.497 e. The smallest absolute Gasteiger partial charge is 0.284 e. The van der Waals surface area contributed by atoms with E-state index < -0.39 is 10.0 Å². The molecule has 0 atom stereocenters. The molecule has 9 heteroatoms. The highest BCUT2D eigenvalue weighted by Gasteiger charge is 2.20. The zero-order chi connectivity index (χ0) is 19.4. The van der Waals surface area contributed by atoms with E-state index in [0.717, 1.165) is 0 Å². The van der Waals surface area contributed by atoms with Gasteiger partial charge in [0.15, 0.2) is 11.5 Å². The van der Waals surface area contributed by atoms with Crippen molar-refractivity contribution in [1.29, 1.82) is 0 Å². The van der Waals surface area contributed by atoms with E-state index in [0.29, 0.717) is 22.8 Å². The molecule has 140 valence electrons. The van der Waals surface area contributed by atoms with Crippen LogP contribution >= 0.6 is 0 Å². The number of anilines is 1. The molecule has 0 bridgehead atoms. The van der Waals surface area contributed by atoms with Gasteiger partial charge in [-0.3, -0.25) is 4.68 Å². The molecule has 0 unspecified atom stereocenters. The van der Waals surface area contributed by atoms with Crippen LogP contribution in [0.25, 0.3) is 0 Å². The Morgan fingerprint density at radius 2 is 1.78 bits per heavy atom. The maximum atomic E-state index is 12.8. The number of hydrogen-bond acceptors (Lipinski definition) is 5. The fourth-order valence-corrected chi connectivity index (χ4v) is 3.29. The lowest BCUT2D eigenvalue weighted by atomic mass is 10.3. The molecular weight excluding hydrogens is 366 g/mol. The third-order valence-corrected chi connectivity index (χ3v) is 5.23. The molecule has 0 amide bonds. The Balaban J connectivity index is 2.06. The van der Waals surface area contributed by atoms with Crippen LogP contribution in [0.2, 0.25) is 0 Å². The third-order valence-electron chi connectivity index (χ3n) is 3.94. The van der Waals surface area contributed by atoms with E-state index in [4.69, 9.17) is 4.74 Å². The van der Waals surface area contributed by atoms with Crippen molar-refractivity contribution < 1.29 is 13.2 Å². The number of sulfonamides is 1. The SMILES string of the molecule is COc1ccc(S(=O)(=O)/N=C(/Nc2ccccc2)c2nnn(C)c2C)cc1. The Kier molecular flexibility index (Phi) is 5.22. The second-order valence-electron chi connectivity index (χ2n) is 5.73. The first-order valence-electron chi connectivity index (χ1n) is 8.08. The molecule has 3 aromatic rings. The summed E-state index contributed by atoms with van der Waals surface area (Å²) < 4.78 is 36.2.